The summed E-state index contributed by atoms with van der Waals surface area (Å²) in [5, 5.41) is 0. The van der Waals surface area contributed by atoms with Crippen molar-refractivity contribution in [2.45, 2.75) is 13.0 Å². The van der Waals surface area contributed by atoms with E-state index in [1.807, 2.05) is 0 Å². The van der Waals surface area contributed by atoms with Gasteiger partial charge >= 0.3 is 0 Å². The third kappa shape index (κ3) is 0.658. The van der Waals surface area contributed by atoms with Crippen LogP contribution in [-0.2, 0) is 6.54 Å². The average Bonchev–Trinajstić information content (AvgIpc) is 2.62. The third-order valence-electron chi connectivity index (χ3n) is 2.61. The molecule has 0 saturated carbocycles. The lowest BCUT2D eigenvalue weighted by Crippen LogP contribution is -2.33. The summed E-state index contributed by atoms with van der Waals surface area (Å²) in [6.07, 6.45) is 7.80. The van der Waals surface area contributed by atoms with Gasteiger partial charge < -0.3 is 0 Å². The molecule has 12 heavy (non-hydrogen) atoms. The third-order valence-corrected chi connectivity index (χ3v) is 2.61. The van der Waals surface area contributed by atoms with Crippen molar-refractivity contribution in [3.63, 3.8) is 0 Å². The smallest absolute Gasteiger partial charge is 0.194 e. The summed E-state index contributed by atoms with van der Waals surface area (Å²) < 4.78 is 2.31. The number of allylic oxidation sites excluding steroid dienone is 4. The van der Waals surface area contributed by atoms with E-state index in [1.54, 1.807) is 5.57 Å². The van der Waals surface area contributed by atoms with Crippen LogP contribution >= 0.6 is 0 Å². The van der Waals surface area contributed by atoms with Crippen LogP contribution in [0.2, 0.25) is 0 Å². The van der Waals surface area contributed by atoms with Crippen molar-refractivity contribution in [1.82, 2.24) is 0 Å². The number of rotatable bonds is 0. The first kappa shape index (κ1) is 6.18. The molecule has 0 saturated heterocycles. The van der Waals surface area contributed by atoms with Gasteiger partial charge in [0.1, 0.15) is 0 Å². The zero-order chi connectivity index (χ0) is 7.97. The standard InChI is InChI=1S/C11H10N/c1-2-7-12-8-9-4-3-5-10(9)11(12)6-1/h1-3,5-7H,4,8H2/q+1. The van der Waals surface area contributed by atoms with Crippen LogP contribution in [-0.4, -0.2) is 0 Å². The van der Waals surface area contributed by atoms with Crippen molar-refractivity contribution in [2.75, 3.05) is 0 Å². The van der Waals surface area contributed by atoms with Gasteiger partial charge in [0.05, 0.1) is 5.57 Å². The van der Waals surface area contributed by atoms with E-state index in [4.69, 9.17) is 0 Å². The highest BCUT2D eigenvalue weighted by Crippen LogP contribution is 2.30. The molecule has 1 aliphatic carbocycles. The summed E-state index contributed by atoms with van der Waals surface area (Å²) in [5.74, 6) is 0. The van der Waals surface area contributed by atoms with Gasteiger partial charge in [0.2, 0.25) is 5.69 Å². The van der Waals surface area contributed by atoms with Gasteiger partial charge in [-0.05, 0) is 12.5 Å². The van der Waals surface area contributed by atoms with Gasteiger partial charge in [0.15, 0.2) is 12.7 Å². The highest BCUT2D eigenvalue weighted by Gasteiger charge is 2.27. The molecule has 2 heterocycles. The summed E-state index contributed by atoms with van der Waals surface area (Å²) in [6.45, 7) is 1.10. The summed E-state index contributed by atoms with van der Waals surface area (Å²) in [6, 6.07) is 6.39. The van der Waals surface area contributed by atoms with E-state index in [-0.39, 0.29) is 0 Å². The van der Waals surface area contributed by atoms with Crippen molar-refractivity contribution < 1.29 is 4.57 Å². The Bertz CT molecular complexity index is 399. The molecular formula is C11H10N+. The Morgan fingerprint density at radius 1 is 1.25 bits per heavy atom. The average molecular weight is 156 g/mol. The minimum Gasteiger partial charge on any atom is -0.194 e. The lowest BCUT2D eigenvalue weighted by atomic mass is 10.1. The molecular weight excluding hydrogens is 146 g/mol. The number of fused-ring (bicyclic) bond motifs is 2. The molecule has 0 radical (unpaired) electrons. The van der Waals surface area contributed by atoms with Gasteiger partial charge in [-0.15, -0.1) is 0 Å². The van der Waals surface area contributed by atoms with E-state index in [1.165, 1.54) is 11.3 Å². The first-order chi connectivity index (χ1) is 5.95. The number of aromatic nitrogens is 1. The topological polar surface area (TPSA) is 3.88 Å². The maximum atomic E-state index is 2.31. The highest BCUT2D eigenvalue weighted by atomic mass is 15.0. The van der Waals surface area contributed by atoms with Crippen molar-refractivity contribution in [1.29, 1.82) is 0 Å². The molecule has 2 aliphatic rings. The molecule has 1 aromatic heterocycles. The number of hydrogen-bond donors (Lipinski definition) is 0. The molecule has 3 rings (SSSR count). The number of nitrogens with zero attached hydrogens (tertiary/aromatic N) is 1. The van der Waals surface area contributed by atoms with E-state index in [0.717, 1.165) is 13.0 Å². The van der Waals surface area contributed by atoms with Gasteiger partial charge in [-0.25, -0.2) is 0 Å². The van der Waals surface area contributed by atoms with Crippen LogP contribution < -0.4 is 4.57 Å². The van der Waals surface area contributed by atoms with Crippen LogP contribution in [0.15, 0.2) is 42.1 Å². The van der Waals surface area contributed by atoms with E-state index in [0.29, 0.717) is 0 Å². The van der Waals surface area contributed by atoms with Crippen LogP contribution in [0, 0.1) is 0 Å². The van der Waals surface area contributed by atoms with Gasteiger partial charge in [0.25, 0.3) is 0 Å². The second-order valence-corrected chi connectivity index (χ2v) is 3.34. The maximum absolute atomic E-state index is 2.31. The Hall–Kier alpha value is -1.37. The van der Waals surface area contributed by atoms with Gasteiger partial charge in [-0.1, -0.05) is 12.2 Å². The van der Waals surface area contributed by atoms with Crippen LogP contribution in [0.4, 0.5) is 0 Å². The fraction of sp³-hybridized carbons (Fsp3) is 0.182. The second-order valence-electron chi connectivity index (χ2n) is 3.34. The summed E-state index contributed by atoms with van der Waals surface area (Å²) >= 11 is 0. The molecule has 0 bridgehead atoms. The largest absolute Gasteiger partial charge is 0.212 e. The Labute approximate surface area is 71.7 Å². The Kier molecular flexibility index (Phi) is 1.06. The minimum atomic E-state index is 1.10. The molecule has 58 valence electrons. The Balaban J connectivity index is 2.24. The first-order valence-electron chi connectivity index (χ1n) is 4.32. The maximum Gasteiger partial charge on any atom is 0.212 e. The van der Waals surface area contributed by atoms with Crippen molar-refractivity contribution in [3.8, 4) is 0 Å². The molecule has 1 aromatic rings. The zero-order valence-electron chi connectivity index (χ0n) is 6.83. The number of hydrogen-bond acceptors (Lipinski definition) is 0. The second kappa shape index (κ2) is 2.07. The SMILES string of the molecule is C1=CC2=C(C1)C[n+]1ccccc12. The molecule has 0 spiro atoms. The van der Waals surface area contributed by atoms with E-state index in [2.05, 4.69) is 41.1 Å². The first-order valence-corrected chi connectivity index (χ1v) is 4.32. The number of pyridine rings is 1. The normalized spacial score (nSPS) is 18.3. The highest BCUT2D eigenvalue weighted by molar-refractivity contribution is 5.77. The summed E-state index contributed by atoms with van der Waals surface area (Å²) in [5.41, 5.74) is 4.40. The van der Waals surface area contributed by atoms with Crippen molar-refractivity contribution >= 4 is 5.57 Å². The fourth-order valence-corrected chi connectivity index (χ4v) is 2.03. The Morgan fingerprint density at radius 3 is 3.25 bits per heavy atom. The molecule has 0 aromatic carbocycles. The molecule has 1 nitrogen and oxygen atoms in total. The Morgan fingerprint density at radius 2 is 2.25 bits per heavy atom. The molecule has 0 amide bonds. The monoisotopic (exact) mass is 156 g/mol. The predicted octanol–water partition coefficient (Wildman–Crippen LogP) is 1.70. The van der Waals surface area contributed by atoms with Crippen LogP contribution in [0.1, 0.15) is 12.1 Å². The lowest BCUT2D eigenvalue weighted by Gasteiger charge is -1.92. The molecule has 0 N–H and O–H groups in total. The van der Waals surface area contributed by atoms with E-state index < -0.39 is 0 Å². The summed E-state index contributed by atoms with van der Waals surface area (Å²) in [7, 11) is 0. The predicted molar refractivity (Wildman–Crippen MR) is 47.3 cm³/mol. The van der Waals surface area contributed by atoms with Gasteiger partial charge in [-0.2, -0.15) is 4.57 Å². The molecule has 0 atom stereocenters. The summed E-state index contributed by atoms with van der Waals surface area (Å²) in [4.78, 5) is 0. The van der Waals surface area contributed by atoms with Crippen LogP contribution in [0.25, 0.3) is 5.57 Å². The molecule has 0 unspecified atom stereocenters. The lowest BCUT2D eigenvalue weighted by molar-refractivity contribution is -0.686. The zero-order valence-corrected chi connectivity index (χ0v) is 6.83. The molecule has 0 fully saturated rings. The van der Waals surface area contributed by atoms with Gasteiger partial charge in [0, 0.05) is 17.7 Å². The van der Waals surface area contributed by atoms with Gasteiger partial charge in [-0.3, -0.25) is 0 Å². The quantitative estimate of drug-likeness (QED) is 0.503. The molecule has 1 heteroatoms. The van der Waals surface area contributed by atoms with E-state index >= 15 is 0 Å². The van der Waals surface area contributed by atoms with Crippen LogP contribution in [0.5, 0.6) is 0 Å². The fourth-order valence-electron chi connectivity index (χ4n) is 2.03. The van der Waals surface area contributed by atoms with Crippen LogP contribution in [0.3, 0.4) is 0 Å². The molecule has 1 aliphatic heterocycles. The van der Waals surface area contributed by atoms with Crippen molar-refractivity contribution in [2.24, 2.45) is 0 Å². The minimum absolute atomic E-state index is 1.10. The van der Waals surface area contributed by atoms with E-state index in [9.17, 15) is 0 Å². The van der Waals surface area contributed by atoms with Crippen molar-refractivity contribution in [3.05, 3.63) is 47.8 Å².